The van der Waals surface area contributed by atoms with Crippen molar-refractivity contribution in [3.05, 3.63) is 64.7 Å². The van der Waals surface area contributed by atoms with Crippen molar-refractivity contribution < 1.29 is 4.79 Å². The van der Waals surface area contributed by atoms with Crippen molar-refractivity contribution in [3.8, 4) is 0 Å². The molecule has 0 radical (unpaired) electrons. The summed E-state index contributed by atoms with van der Waals surface area (Å²) < 4.78 is 0. The number of carbonyl (C=O) groups is 1. The van der Waals surface area contributed by atoms with Crippen molar-refractivity contribution in [2.75, 3.05) is 5.32 Å². The summed E-state index contributed by atoms with van der Waals surface area (Å²) in [5.41, 5.74) is 3.03. The van der Waals surface area contributed by atoms with Crippen LogP contribution in [0.3, 0.4) is 0 Å². The number of hydrogen-bond acceptors (Lipinski definition) is 2. The van der Waals surface area contributed by atoms with Crippen LogP contribution in [0.4, 0.5) is 5.69 Å². The largest absolute Gasteiger partial charge is 0.325 e. The molecule has 2 aromatic rings. The molecule has 0 saturated heterocycles. The van der Waals surface area contributed by atoms with Gasteiger partial charge in [-0.05, 0) is 43.7 Å². The first-order valence-corrected chi connectivity index (χ1v) is 7.28. The highest BCUT2D eigenvalue weighted by Crippen LogP contribution is 2.11. The van der Waals surface area contributed by atoms with Crippen molar-refractivity contribution in [1.82, 2.24) is 5.32 Å². The van der Waals surface area contributed by atoms with E-state index in [0.717, 1.165) is 11.3 Å². The fourth-order valence-electron chi connectivity index (χ4n) is 1.90. The quantitative estimate of drug-likeness (QED) is 0.883. The van der Waals surface area contributed by atoms with Crippen LogP contribution in [0.2, 0.25) is 5.02 Å². The van der Waals surface area contributed by atoms with Crippen LogP contribution in [0.15, 0.2) is 48.5 Å². The van der Waals surface area contributed by atoms with Gasteiger partial charge in [0, 0.05) is 17.3 Å². The lowest BCUT2D eigenvalue weighted by Gasteiger charge is -2.14. The van der Waals surface area contributed by atoms with Gasteiger partial charge in [0.2, 0.25) is 5.91 Å². The SMILES string of the molecule is Cc1ccc(NC(=O)C(C)NCc2cccc(Cl)c2)cc1. The number of benzene rings is 2. The standard InChI is InChI=1S/C17H19ClN2O/c1-12-6-8-16(9-7-12)20-17(21)13(2)19-11-14-4-3-5-15(18)10-14/h3-10,13,19H,11H2,1-2H3,(H,20,21). The molecule has 0 bridgehead atoms. The molecule has 0 saturated carbocycles. The van der Waals surface area contributed by atoms with Crippen LogP contribution in [0.25, 0.3) is 0 Å². The fraction of sp³-hybridized carbons (Fsp3) is 0.235. The van der Waals surface area contributed by atoms with Crippen LogP contribution in [-0.4, -0.2) is 11.9 Å². The van der Waals surface area contributed by atoms with Crippen LogP contribution in [0, 0.1) is 6.92 Å². The van der Waals surface area contributed by atoms with Gasteiger partial charge in [-0.3, -0.25) is 4.79 Å². The zero-order valence-electron chi connectivity index (χ0n) is 12.2. The first-order chi connectivity index (χ1) is 10.0. The van der Waals surface area contributed by atoms with Gasteiger partial charge in [0.15, 0.2) is 0 Å². The Morgan fingerprint density at radius 2 is 1.90 bits per heavy atom. The lowest BCUT2D eigenvalue weighted by atomic mass is 10.2. The first kappa shape index (κ1) is 15.5. The highest BCUT2D eigenvalue weighted by Gasteiger charge is 2.12. The summed E-state index contributed by atoms with van der Waals surface area (Å²) in [5, 5.41) is 6.78. The minimum atomic E-state index is -0.287. The lowest BCUT2D eigenvalue weighted by molar-refractivity contribution is -0.117. The van der Waals surface area contributed by atoms with Gasteiger partial charge >= 0.3 is 0 Å². The molecule has 4 heteroatoms. The fourth-order valence-corrected chi connectivity index (χ4v) is 2.11. The molecule has 0 aliphatic carbocycles. The molecule has 110 valence electrons. The van der Waals surface area contributed by atoms with Crippen LogP contribution in [-0.2, 0) is 11.3 Å². The minimum absolute atomic E-state index is 0.0547. The average Bonchev–Trinajstić information content (AvgIpc) is 2.47. The van der Waals surface area contributed by atoms with E-state index in [1.54, 1.807) is 0 Å². The van der Waals surface area contributed by atoms with Gasteiger partial charge < -0.3 is 10.6 Å². The zero-order valence-corrected chi connectivity index (χ0v) is 12.9. The van der Waals surface area contributed by atoms with Crippen molar-refractivity contribution in [1.29, 1.82) is 0 Å². The number of nitrogens with one attached hydrogen (secondary N) is 2. The van der Waals surface area contributed by atoms with Crippen LogP contribution in [0.1, 0.15) is 18.1 Å². The molecule has 1 amide bonds. The molecule has 0 spiro atoms. The third kappa shape index (κ3) is 4.88. The number of rotatable bonds is 5. The minimum Gasteiger partial charge on any atom is -0.325 e. The van der Waals surface area contributed by atoms with Gasteiger partial charge in [0.05, 0.1) is 6.04 Å². The smallest absolute Gasteiger partial charge is 0.241 e. The number of amides is 1. The van der Waals surface area contributed by atoms with Crippen LogP contribution in [0.5, 0.6) is 0 Å². The Labute approximate surface area is 130 Å². The number of anilines is 1. The van der Waals surface area contributed by atoms with E-state index >= 15 is 0 Å². The third-order valence-electron chi connectivity index (χ3n) is 3.21. The topological polar surface area (TPSA) is 41.1 Å². The lowest BCUT2D eigenvalue weighted by Crippen LogP contribution is -2.37. The summed E-state index contributed by atoms with van der Waals surface area (Å²) in [6.07, 6.45) is 0. The van der Waals surface area contributed by atoms with E-state index in [-0.39, 0.29) is 11.9 Å². The highest BCUT2D eigenvalue weighted by molar-refractivity contribution is 6.30. The molecule has 1 unspecified atom stereocenters. The zero-order chi connectivity index (χ0) is 15.2. The molecule has 21 heavy (non-hydrogen) atoms. The molecule has 0 fully saturated rings. The molecule has 2 aromatic carbocycles. The molecule has 0 heterocycles. The van der Waals surface area contributed by atoms with E-state index in [9.17, 15) is 4.79 Å². The second-order valence-electron chi connectivity index (χ2n) is 5.09. The maximum Gasteiger partial charge on any atom is 0.241 e. The Hall–Kier alpha value is -1.84. The van der Waals surface area contributed by atoms with Crippen LogP contribution < -0.4 is 10.6 Å². The molecular formula is C17H19ClN2O. The van der Waals surface area contributed by atoms with E-state index in [0.29, 0.717) is 11.6 Å². The molecule has 0 aliphatic rings. The maximum absolute atomic E-state index is 12.1. The van der Waals surface area contributed by atoms with Gasteiger partial charge in [-0.1, -0.05) is 41.4 Å². The Morgan fingerprint density at radius 1 is 1.19 bits per heavy atom. The van der Waals surface area contributed by atoms with Crippen LogP contribution >= 0.6 is 11.6 Å². The van der Waals surface area contributed by atoms with Gasteiger partial charge in [-0.2, -0.15) is 0 Å². The van der Waals surface area contributed by atoms with E-state index < -0.39 is 0 Å². The van der Waals surface area contributed by atoms with E-state index in [2.05, 4.69) is 10.6 Å². The van der Waals surface area contributed by atoms with E-state index in [1.165, 1.54) is 5.56 Å². The molecule has 1 atom stereocenters. The van der Waals surface area contributed by atoms with E-state index in [4.69, 9.17) is 11.6 Å². The monoisotopic (exact) mass is 302 g/mol. The molecule has 3 nitrogen and oxygen atoms in total. The Kier molecular flexibility index (Phi) is 5.37. The predicted molar refractivity (Wildman–Crippen MR) is 87.6 cm³/mol. The first-order valence-electron chi connectivity index (χ1n) is 6.90. The molecule has 2 rings (SSSR count). The summed E-state index contributed by atoms with van der Waals surface area (Å²) in [6.45, 7) is 4.46. The van der Waals surface area contributed by atoms with Gasteiger partial charge in [0.1, 0.15) is 0 Å². The van der Waals surface area contributed by atoms with Gasteiger partial charge in [-0.25, -0.2) is 0 Å². The van der Waals surface area contributed by atoms with Crippen molar-refractivity contribution in [2.45, 2.75) is 26.4 Å². The van der Waals surface area contributed by atoms with E-state index in [1.807, 2.05) is 62.4 Å². The molecule has 0 aliphatic heterocycles. The van der Waals surface area contributed by atoms with Gasteiger partial charge in [0.25, 0.3) is 0 Å². The Balaban J connectivity index is 1.86. The second kappa shape index (κ2) is 7.25. The maximum atomic E-state index is 12.1. The number of carbonyl (C=O) groups excluding carboxylic acids is 1. The summed E-state index contributed by atoms with van der Waals surface area (Å²) in [6, 6.07) is 15.1. The third-order valence-corrected chi connectivity index (χ3v) is 3.45. The second-order valence-corrected chi connectivity index (χ2v) is 5.52. The summed E-state index contributed by atoms with van der Waals surface area (Å²) in [4.78, 5) is 12.1. The summed E-state index contributed by atoms with van der Waals surface area (Å²) in [7, 11) is 0. The number of hydrogen-bond donors (Lipinski definition) is 2. The van der Waals surface area contributed by atoms with Crippen molar-refractivity contribution in [3.63, 3.8) is 0 Å². The number of halogens is 1. The predicted octanol–water partition coefficient (Wildman–Crippen LogP) is 3.77. The van der Waals surface area contributed by atoms with Crippen molar-refractivity contribution >= 4 is 23.2 Å². The highest BCUT2D eigenvalue weighted by atomic mass is 35.5. The summed E-state index contributed by atoms with van der Waals surface area (Å²) in [5.74, 6) is -0.0547. The van der Waals surface area contributed by atoms with Gasteiger partial charge in [-0.15, -0.1) is 0 Å². The average molecular weight is 303 g/mol. The van der Waals surface area contributed by atoms with Crippen molar-refractivity contribution in [2.24, 2.45) is 0 Å². The Morgan fingerprint density at radius 3 is 2.57 bits per heavy atom. The molecule has 0 aromatic heterocycles. The normalized spacial score (nSPS) is 12.0. The molecule has 2 N–H and O–H groups in total. The number of aryl methyl sites for hydroxylation is 1. The Bertz CT molecular complexity index is 610. The summed E-state index contributed by atoms with van der Waals surface area (Å²) >= 11 is 5.94. The molecular weight excluding hydrogens is 284 g/mol.